The quantitative estimate of drug-likeness (QED) is 0.0615. The van der Waals surface area contributed by atoms with Gasteiger partial charge in [0.25, 0.3) is 5.91 Å². The summed E-state index contributed by atoms with van der Waals surface area (Å²) in [6, 6.07) is -2.22. The van der Waals surface area contributed by atoms with Crippen LogP contribution in [0.2, 0.25) is 0 Å². The molecule has 3 N–H and O–H groups in total. The van der Waals surface area contributed by atoms with E-state index >= 15 is 0 Å². The van der Waals surface area contributed by atoms with E-state index in [4.69, 9.17) is 5.73 Å². The number of fused-ring (bicyclic) bond motifs is 2. The van der Waals surface area contributed by atoms with Gasteiger partial charge in [-0.05, 0) is 114 Å². The summed E-state index contributed by atoms with van der Waals surface area (Å²) in [6.45, 7) is 24.8. The van der Waals surface area contributed by atoms with Crippen molar-refractivity contribution in [2.75, 3.05) is 13.1 Å². The van der Waals surface area contributed by atoms with E-state index in [1.807, 2.05) is 69.2 Å². The molecule has 11 atom stereocenters. The topological polar surface area (TPSA) is 258 Å². The maximum Gasteiger partial charge on any atom is 0.285 e. The van der Waals surface area contributed by atoms with Crippen LogP contribution in [0.25, 0.3) is 0 Å². The largest absolute Gasteiger partial charge is 0.363 e. The summed E-state index contributed by atoms with van der Waals surface area (Å²) in [7, 11) is 0. The first kappa shape index (κ1) is 68.1. The number of nitrogens with one attached hydrogen (secondary N) is 1. The van der Waals surface area contributed by atoms with E-state index in [0.29, 0.717) is 50.6 Å². The lowest BCUT2D eigenvalue weighted by atomic mass is 9.74. The van der Waals surface area contributed by atoms with Gasteiger partial charge in [-0.15, -0.1) is 0 Å². The number of hydrogen-bond acceptors (Lipinski definition) is 13. The third-order valence-corrected chi connectivity index (χ3v) is 20.8. The fourth-order valence-electron chi connectivity index (χ4n) is 15.4. The first-order valence-corrected chi connectivity index (χ1v) is 32.9. The number of ketones is 7. The van der Waals surface area contributed by atoms with Gasteiger partial charge in [0.1, 0.15) is 17.5 Å². The van der Waals surface area contributed by atoms with Crippen molar-refractivity contribution in [3.63, 3.8) is 0 Å². The zero-order valence-corrected chi connectivity index (χ0v) is 54.1. The predicted octanol–water partition coefficient (Wildman–Crippen LogP) is 10.1. The van der Waals surface area contributed by atoms with Crippen LogP contribution in [0.15, 0.2) is 18.6 Å². The molecule has 0 aromatic carbocycles. The van der Waals surface area contributed by atoms with Crippen LogP contribution in [0.4, 0.5) is 0 Å². The minimum Gasteiger partial charge on any atom is -0.363 e. The molecular weight excluding hydrogens is 1090 g/mol. The Bertz CT molecular complexity index is 2690. The fourth-order valence-corrected chi connectivity index (χ4v) is 15.4. The van der Waals surface area contributed by atoms with Gasteiger partial charge in [-0.2, -0.15) is 0 Å². The molecule has 2 aliphatic heterocycles. The highest BCUT2D eigenvalue weighted by Gasteiger charge is 2.69. The number of Topliss-reactive ketones (excluding diaryl/α,β-unsaturated/α-hetero) is 7. The highest BCUT2D eigenvalue weighted by atomic mass is 16.2. The molecule has 5 saturated carbocycles. The third kappa shape index (κ3) is 16.9. The van der Waals surface area contributed by atoms with Gasteiger partial charge in [-0.3, -0.25) is 57.7 Å². The average Bonchev–Trinajstić information content (AvgIpc) is 1.53. The van der Waals surface area contributed by atoms with Gasteiger partial charge in [-0.25, -0.2) is 4.98 Å². The van der Waals surface area contributed by atoms with E-state index in [1.54, 1.807) is 9.80 Å². The van der Waals surface area contributed by atoms with Crippen LogP contribution in [-0.4, -0.2) is 115 Å². The molecule has 1 aromatic heterocycles. The van der Waals surface area contributed by atoms with Crippen molar-refractivity contribution in [2.45, 2.75) is 242 Å². The lowest BCUT2D eigenvalue weighted by molar-refractivity contribution is -0.148. The Balaban J connectivity index is 0.000000256. The van der Waals surface area contributed by atoms with E-state index in [9.17, 15) is 52.7 Å². The second kappa shape index (κ2) is 28.0. The number of nitrogens with two attached hydrogens (primary N) is 1. The fraction of sp³-hybridized carbons (Fsp3) is 0.783. The lowest BCUT2D eigenvalue weighted by Crippen LogP contribution is -2.58. The molecule has 86 heavy (non-hydrogen) atoms. The first-order chi connectivity index (χ1) is 40.2. The number of amides is 4. The average molecular weight is 1190 g/mol. The van der Waals surface area contributed by atoms with Crippen molar-refractivity contribution < 1.29 is 52.7 Å². The number of rotatable bonds is 27. The second-order valence-corrected chi connectivity index (χ2v) is 31.3. The van der Waals surface area contributed by atoms with Crippen molar-refractivity contribution in [3.05, 3.63) is 24.3 Å². The van der Waals surface area contributed by atoms with Gasteiger partial charge in [0.15, 0.2) is 23.1 Å². The van der Waals surface area contributed by atoms with E-state index in [2.05, 4.69) is 29.1 Å². The van der Waals surface area contributed by atoms with Gasteiger partial charge in [-0.1, -0.05) is 134 Å². The molecule has 0 bridgehead atoms. The molecular formula is C69H104N6O11. The predicted molar refractivity (Wildman–Crippen MR) is 326 cm³/mol. The summed E-state index contributed by atoms with van der Waals surface area (Å²) in [5.41, 5.74) is 4.20. The summed E-state index contributed by atoms with van der Waals surface area (Å²) in [5, 5.41) is 3.10. The Morgan fingerprint density at radius 1 is 0.674 bits per heavy atom. The van der Waals surface area contributed by atoms with Gasteiger partial charge in [0.05, 0.1) is 18.3 Å². The molecule has 1 unspecified atom stereocenters. The molecule has 5 aliphatic carbocycles. The van der Waals surface area contributed by atoms with Crippen molar-refractivity contribution >= 4 is 64.1 Å². The monoisotopic (exact) mass is 1190 g/mol. The number of hydrogen-bond donors (Lipinski definition) is 2. The second-order valence-electron chi connectivity index (χ2n) is 31.3. The highest BCUT2D eigenvalue weighted by molar-refractivity contribution is 6.38. The summed E-state index contributed by atoms with van der Waals surface area (Å²) < 4.78 is 0. The van der Waals surface area contributed by atoms with Crippen LogP contribution in [-0.2, 0) is 47.9 Å². The number of likely N-dealkylation sites (tertiary alicyclic amines) is 2. The molecule has 0 spiro atoms. The molecule has 8 rings (SSSR count). The van der Waals surface area contributed by atoms with Gasteiger partial charge >= 0.3 is 0 Å². The van der Waals surface area contributed by atoms with E-state index < -0.39 is 70.1 Å². The summed E-state index contributed by atoms with van der Waals surface area (Å²) in [6.07, 6.45) is 19.3. The van der Waals surface area contributed by atoms with Crippen molar-refractivity contribution in [1.29, 1.82) is 0 Å². The summed E-state index contributed by atoms with van der Waals surface area (Å²) in [4.78, 5) is 159. The zero-order valence-electron chi connectivity index (χ0n) is 54.1. The normalized spacial score (nSPS) is 25.4. The number of nitrogens with zero attached hydrogens (tertiary/aromatic N) is 4. The molecule has 17 heteroatoms. The van der Waals surface area contributed by atoms with Crippen molar-refractivity contribution in [3.8, 4) is 0 Å². The minimum absolute atomic E-state index is 0.00639. The molecule has 1 aromatic rings. The van der Waals surface area contributed by atoms with Crippen molar-refractivity contribution in [2.24, 2.45) is 92.5 Å². The Hall–Kier alpha value is -5.35. The molecule has 7 fully saturated rings. The Morgan fingerprint density at radius 2 is 1.30 bits per heavy atom. The Labute approximate surface area is 512 Å². The number of primary amides is 1. The van der Waals surface area contributed by atoms with Gasteiger partial charge in [0.2, 0.25) is 29.3 Å². The van der Waals surface area contributed by atoms with Crippen LogP contribution in [0, 0.1) is 86.8 Å². The molecule has 17 nitrogen and oxygen atoms in total. The standard InChI is InChI=1S/C39H56N4O6.C30H48N2O5/c1-5-10-26(35(47)33(46)19-24-15-16-24)20-32(45)34-28-14-9-13-27(28)23-43(34)38(49)36(39(2,3)4)42-37(48)29(25-11-7-6-8-12-25)21-31(44)30-22-40-17-18-41-30;1-28(2,3)15-19(33)14-20(29(4,5)6)27(37)32-16-21-23(30(21,7)8)24(32)22(34)13-18(25(35)26(31)36)12-17-10-9-11-17/h17-18,22,24-29,34,36H,5-16,19-21,23H2,1-4H3,(H,42,48);17-18,20-21,23-24H,9-16H2,1-8H3,(H2,31,36)/t26-,27+,28+,29+,34+,36-;18?,20-,21+,23+,24-/m11/s1. The van der Waals surface area contributed by atoms with Crippen LogP contribution < -0.4 is 11.1 Å². The number of carbonyl (C=O) groups excluding carboxylic acids is 11. The maximum absolute atomic E-state index is 14.7. The van der Waals surface area contributed by atoms with E-state index in [1.165, 1.54) is 18.6 Å². The zero-order chi connectivity index (χ0) is 63.4. The number of piperidine rings is 1. The number of aromatic nitrogens is 2. The summed E-state index contributed by atoms with van der Waals surface area (Å²) in [5.74, 6) is -5.17. The highest BCUT2D eigenvalue weighted by Crippen LogP contribution is 2.65. The summed E-state index contributed by atoms with van der Waals surface area (Å²) >= 11 is 0. The molecule has 476 valence electrons. The van der Waals surface area contributed by atoms with Crippen LogP contribution in [0.1, 0.15) is 235 Å². The first-order valence-electron chi connectivity index (χ1n) is 32.9. The smallest absolute Gasteiger partial charge is 0.285 e. The molecule has 7 aliphatic rings. The molecule has 2 saturated heterocycles. The van der Waals surface area contributed by atoms with Crippen molar-refractivity contribution in [1.82, 2.24) is 25.1 Å². The van der Waals surface area contributed by atoms with Crippen LogP contribution >= 0.6 is 0 Å². The SMILES string of the molecule is CC(C)(C)CC(=O)C[C@H](C(=O)N1C[C@H]2[C@@H]([C@H]1C(=O)CC(CC1CCC1)C(=O)C(N)=O)C2(C)C)C(C)(C)C.CCC[C@H](CC(=O)[C@@H]1[C@H]2CCC[C@H]2CN1C(=O)[C@@H](NC(=O)[C@@H](CC(=O)c1cnccn1)C1CCCCC1)C(C)(C)C)C(=O)C(=O)CC1CC1. The molecule has 0 radical (unpaired) electrons. The Kier molecular flexibility index (Phi) is 22.2. The number of carbonyl (C=O) groups is 11. The third-order valence-electron chi connectivity index (χ3n) is 20.8. The maximum atomic E-state index is 14.7. The van der Waals surface area contributed by atoms with E-state index in [0.717, 1.165) is 83.5 Å². The van der Waals surface area contributed by atoms with E-state index in [-0.39, 0.29) is 125 Å². The van der Waals surface area contributed by atoms with Gasteiger partial charge in [0, 0.05) is 87.7 Å². The minimum atomic E-state index is -0.994. The molecule has 3 heterocycles. The lowest BCUT2D eigenvalue weighted by Gasteiger charge is -2.38. The van der Waals surface area contributed by atoms with Gasteiger partial charge < -0.3 is 20.9 Å². The van der Waals surface area contributed by atoms with Crippen LogP contribution in [0.3, 0.4) is 0 Å². The molecule has 4 amide bonds. The Morgan fingerprint density at radius 3 is 1.86 bits per heavy atom. The van der Waals surface area contributed by atoms with Crippen LogP contribution in [0.5, 0.6) is 0 Å².